The van der Waals surface area contributed by atoms with E-state index in [9.17, 15) is 4.79 Å². The molecule has 0 aromatic heterocycles. The van der Waals surface area contributed by atoms with Crippen LogP contribution in [0.2, 0.25) is 0 Å². The van der Waals surface area contributed by atoms with E-state index >= 15 is 0 Å². The summed E-state index contributed by atoms with van der Waals surface area (Å²) in [5.74, 6) is 1.05. The lowest BCUT2D eigenvalue weighted by Gasteiger charge is -2.33. The van der Waals surface area contributed by atoms with E-state index in [0.29, 0.717) is 0 Å². The highest BCUT2D eigenvalue weighted by molar-refractivity contribution is 5.80. The zero-order valence-corrected chi connectivity index (χ0v) is 11.7. The topological polar surface area (TPSA) is 29.1 Å². The van der Waals surface area contributed by atoms with Crippen molar-refractivity contribution in [2.45, 2.75) is 51.5 Å². The lowest BCUT2D eigenvalue weighted by atomic mass is 9.71. The lowest BCUT2D eigenvalue weighted by molar-refractivity contribution is -0.119. The molecule has 2 aliphatic rings. The fourth-order valence-corrected chi connectivity index (χ4v) is 3.94. The molecule has 102 valence electrons. The second kappa shape index (κ2) is 4.99. The second-order valence-electron chi connectivity index (χ2n) is 6.49. The van der Waals surface area contributed by atoms with Gasteiger partial charge in [-0.1, -0.05) is 56.5 Å². The Bertz CT molecular complexity index is 456. The van der Waals surface area contributed by atoms with Crippen LogP contribution >= 0.6 is 0 Å². The predicted octanol–water partition coefficient (Wildman–Crippen LogP) is 3.83. The minimum atomic E-state index is 0.170. The molecule has 1 amide bonds. The summed E-state index contributed by atoms with van der Waals surface area (Å²) >= 11 is 0. The molecule has 2 heteroatoms. The zero-order chi connectivity index (χ0) is 13.3. The molecule has 1 aliphatic heterocycles. The Balaban J connectivity index is 1.91. The minimum Gasteiger partial charge on any atom is -0.349 e. The van der Waals surface area contributed by atoms with Crippen molar-refractivity contribution in [2.75, 3.05) is 0 Å². The summed E-state index contributed by atoms with van der Waals surface area (Å²) in [5, 5.41) is 3.23. The fraction of sp³-hybridized carbons (Fsp3) is 0.588. The highest BCUT2D eigenvalue weighted by Gasteiger charge is 2.47. The molecule has 19 heavy (non-hydrogen) atoms. The van der Waals surface area contributed by atoms with E-state index in [-0.39, 0.29) is 17.4 Å². The van der Waals surface area contributed by atoms with E-state index in [1.54, 1.807) is 0 Å². The third kappa shape index (κ3) is 2.41. The van der Waals surface area contributed by atoms with Crippen LogP contribution in [0.5, 0.6) is 0 Å². The van der Waals surface area contributed by atoms with Crippen LogP contribution in [0, 0.1) is 11.3 Å². The van der Waals surface area contributed by atoms with Crippen molar-refractivity contribution in [3.8, 4) is 0 Å². The van der Waals surface area contributed by atoms with Gasteiger partial charge >= 0.3 is 0 Å². The van der Waals surface area contributed by atoms with Gasteiger partial charge in [0.15, 0.2) is 0 Å². The molecule has 1 heterocycles. The van der Waals surface area contributed by atoms with Crippen LogP contribution in [-0.2, 0) is 4.79 Å². The molecule has 1 aromatic carbocycles. The Kier molecular flexibility index (Phi) is 3.34. The first-order chi connectivity index (χ1) is 9.20. The molecule has 3 rings (SSSR count). The first-order valence-corrected chi connectivity index (χ1v) is 7.54. The maximum Gasteiger partial charge on any atom is 0.221 e. The first kappa shape index (κ1) is 12.7. The standard InChI is InChI=1S/C17H23NO/c1-13-6-5-10-17(11-9-13)12-15(19)18-16(17)14-7-3-2-4-8-14/h2-4,7-8,13,16H,5-6,9-12H2,1H3,(H,18,19). The van der Waals surface area contributed by atoms with E-state index in [1.807, 2.05) is 6.07 Å². The zero-order valence-electron chi connectivity index (χ0n) is 11.7. The highest BCUT2D eigenvalue weighted by Crippen LogP contribution is 2.51. The normalized spacial score (nSPS) is 35.1. The van der Waals surface area contributed by atoms with Crippen molar-refractivity contribution in [1.82, 2.24) is 5.32 Å². The molecule has 1 aliphatic carbocycles. The van der Waals surface area contributed by atoms with Crippen LogP contribution < -0.4 is 5.32 Å². The van der Waals surface area contributed by atoms with E-state index < -0.39 is 0 Å². The molecule has 1 aromatic rings. The largest absolute Gasteiger partial charge is 0.349 e. The summed E-state index contributed by atoms with van der Waals surface area (Å²) in [6, 6.07) is 10.7. The number of carbonyl (C=O) groups excluding carboxylic acids is 1. The van der Waals surface area contributed by atoms with E-state index in [1.165, 1.54) is 37.7 Å². The summed E-state index contributed by atoms with van der Waals surface area (Å²) in [4.78, 5) is 12.0. The Morgan fingerprint density at radius 3 is 2.74 bits per heavy atom. The van der Waals surface area contributed by atoms with Crippen molar-refractivity contribution in [1.29, 1.82) is 0 Å². The Hall–Kier alpha value is -1.31. The van der Waals surface area contributed by atoms with Gasteiger partial charge in [0.25, 0.3) is 0 Å². The molecule has 3 unspecified atom stereocenters. The monoisotopic (exact) mass is 257 g/mol. The number of benzene rings is 1. The third-order valence-corrected chi connectivity index (χ3v) is 5.07. The van der Waals surface area contributed by atoms with Gasteiger partial charge < -0.3 is 5.32 Å². The van der Waals surface area contributed by atoms with Crippen LogP contribution in [-0.4, -0.2) is 5.91 Å². The highest BCUT2D eigenvalue weighted by atomic mass is 16.2. The van der Waals surface area contributed by atoms with Gasteiger partial charge in [-0.15, -0.1) is 0 Å². The minimum absolute atomic E-state index is 0.170. The number of rotatable bonds is 1. The average Bonchev–Trinajstić information content (AvgIpc) is 2.63. The maximum absolute atomic E-state index is 12.0. The Morgan fingerprint density at radius 1 is 1.16 bits per heavy atom. The van der Waals surface area contributed by atoms with Crippen LogP contribution in [0.4, 0.5) is 0 Å². The molecule has 1 spiro atoms. The summed E-state index contributed by atoms with van der Waals surface area (Å²) in [6.07, 6.45) is 6.94. The number of amides is 1. The predicted molar refractivity (Wildman–Crippen MR) is 76.6 cm³/mol. The average molecular weight is 257 g/mol. The molecule has 2 nitrogen and oxygen atoms in total. The van der Waals surface area contributed by atoms with Gasteiger partial charge in [-0.3, -0.25) is 4.79 Å². The van der Waals surface area contributed by atoms with Gasteiger partial charge in [-0.25, -0.2) is 0 Å². The molecule has 1 N–H and O–H groups in total. The summed E-state index contributed by atoms with van der Waals surface area (Å²) in [6.45, 7) is 2.35. The molecule has 3 atom stereocenters. The smallest absolute Gasteiger partial charge is 0.221 e. The van der Waals surface area contributed by atoms with Crippen molar-refractivity contribution in [2.24, 2.45) is 11.3 Å². The second-order valence-corrected chi connectivity index (χ2v) is 6.49. The van der Waals surface area contributed by atoms with Crippen molar-refractivity contribution in [3.05, 3.63) is 35.9 Å². The van der Waals surface area contributed by atoms with Gasteiger partial charge in [-0.05, 0) is 24.3 Å². The number of carbonyl (C=O) groups is 1. The Morgan fingerprint density at radius 2 is 1.95 bits per heavy atom. The first-order valence-electron chi connectivity index (χ1n) is 7.54. The molecular weight excluding hydrogens is 234 g/mol. The third-order valence-electron chi connectivity index (χ3n) is 5.07. The molecule has 0 radical (unpaired) electrons. The summed E-state index contributed by atoms with van der Waals surface area (Å²) < 4.78 is 0. The van der Waals surface area contributed by atoms with Crippen LogP contribution in [0.15, 0.2) is 30.3 Å². The van der Waals surface area contributed by atoms with E-state index in [0.717, 1.165) is 12.3 Å². The van der Waals surface area contributed by atoms with Crippen molar-refractivity contribution in [3.63, 3.8) is 0 Å². The van der Waals surface area contributed by atoms with Crippen LogP contribution in [0.3, 0.4) is 0 Å². The van der Waals surface area contributed by atoms with Crippen LogP contribution in [0.25, 0.3) is 0 Å². The van der Waals surface area contributed by atoms with E-state index in [2.05, 4.69) is 36.5 Å². The Labute approximate surface area is 115 Å². The van der Waals surface area contributed by atoms with E-state index in [4.69, 9.17) is 0 Å². The van der Waals surface area contributed by atoms with Gasteiger partial charge in [0.2, 0.25) is 5.91 Å². The number of hydrogen-bond donors (Lipinski definition) is 1. The van der Waals surface area contributed by atoms with Crippen molar-refractivity contribution >= 4 is 5.91 Å². The molecule has 2 fully saturated rings. The fourth-order valence-electron chi connectivity index (χ4n) is 3.94. The molecule has 1 saturated carbocycles. The number of hydrogen-bond acceptors (Lipinski definition) is 1. The van der Waals surface area contributed by atoms with Gasteiger partial charge in [0.1, 0.15) is 0 Å². The van der Waals surface area contributed by atoms with Gasteiger partial charge in [-0.2, -0.15) is 0 Å². The lowest BCUT2D eigenvalue weighted by Crippen LogP contribution is -2.29. The van der Waals surface area contributed by atoms with Gasteiger partial charge in [0, 0.05) is 11.8 Å². The molecule has 1 saturated heterocycles. The molecular formula is C17H23NO. The number of nitrogens with one attached hydrogen (secondary N) is 1. The van der Waals surface area contributed by atoms with Gasteiger partial charge in [0.05, 0.1) is 6.04 Å². The van der Waals surface area contributed by atoms with Crippen LogP contribution in [0.1, 0.15) is 57.1 Å². The maximum atomic E-state index is 12.0. The van der Waals surface area contributed by atoms with Crippen molar-refractivity contribution < 1.29 is 4.79 Å². The SMILES string of the molecule is CC1CCCC2(CC1)CC(=O)NC2c1ccccc1. The quantitative estimate of drug-likeness (QED) is 0.814. The summed E-state index contributed by atoms with van der Waals surface area (Å²) in [5.41, 5.74) is 1.45. The summed E-state index contributed by atoms with van der Waals surface area (Å²) in [7, 11) is 0. The molecule has 0 bridgehead atoms.